The summed E-state index contributed by atoms with van der Waals surface area (Å²) >= 11 is 1.48. The molecule has 0 fully saturated rings. The topological polar surface area (TPSA) is 194 Å². The monoisotopic (exact) mass is 503 g/mol. The summed E-state index contributed by atoms with van der Waals surface area (Å²) in [5.74, 6) is -3.60. The van der Waals surface area contributed by atoms with Crippen molar-refractivity contribution in [2.24, 2.45) is 23.3 Å². The maximum Gasteiger partial charge on any atom is 0.326 e. The van der Waals surface area contributed by atoms with Crippen LogP contribution in [-0.2, 0) is 24.0 Å². The third kappa shape index (κ3) is 11.2. The van der Waals surface area contributed by atoms with E-state index in [0.717, 1.165) is 0 Å². The van der Waals surface area contributed by atoms with Gasteiger partial charge in [0.1, 0.15) is 18.1 Å². The molecule has 0 aromatic heterocycles. The minimum atomic E-state index is -1.21. The molecule has 196 valence electrons. The molecule has 12 heteroatoms. The Hall–Kier alpha value is -2.34. The van der Waals surface area contributed by atoms with Crippen molar-refractivity contribution < 1.29 is 29.1 Å². The van der Waals surface area contributed by atoms with Gasteiger partial charge in [0.2, 0.25) is 23.6 Å². The number of primary amides is 1. The fourth-order valence-corrected chi connectivity index (χ4v) is 3.52. The van der Waals surface area contributed by atoms with E-state index in [4.69, 9.17) is 11.5 Å². The van der Waals surface area contributed by atoms with Gasteiger partial charge in [-0.15, -0.1) is 0 Å². The summed E-state index contributed by atoms with van der Waals surface area (Å²) in [6.45, 7) is 7.22. The molecule has 0 saturated heterocycles. The number of carboxylic acids is 1. The van der Waals surface area contributed by atoms with Gasteiger partial charge in [0, 0.05) is 6.42 Å². The summed E-state index contributed by atoms with van der Waals surface area (Å²) in [5.41, 5.74) is 11.2. The van der Waals surface area contributed by atoms with Gasteiger partial charge in [0.15, 0.2) is 0 Å². The summed E-state index contributed by atoms with van der Waals surface area (Å²) < 4.78 is 0. The molecular weight excluding hydrogens is 462 g/mol. The van der Waals surface area contributed by atoms with Crippen LogP contribution in [0.3, 0.4) is 0 Å². The molecule has 0 rings (SSSR count). The lowest BCUT2D eigenvalue weighted by Crippen LogP contribution is -2.58. The molecule has 0 saturated carbocycles. The van der Waals surface area contributed by atoms with Crippen molar-refractivity contribution in [3.8, 4) is 0 Å². The third-order valence-corrected chi connectivity index (χ3v) is 6.54. The Bertz CT molecular complexity index is 707. The maximum atomic E-state index is 13.0. The van der Waals surface area contributed by atoms with E-state index < -0.39 is 53.8 Å². The fraction of sp³-hybridized carbons (Fsp3) is 0.773. The smallest absolute Gasteiger partial charge is 0.326 e. The second-order valence-electron chi connectivity index (χ2n) is 8.53. The second kappa shape index (κ2) is 16.3. The number of rotatable bonds is 17. The number of hydrogen-bond donors (Lipinski definition) is 6. The second-order valence-corrected chi connectivity index (χ2v) is 9.52. The number of thioether (sulfide) groups is 1. The molecule has 6 atom stereocenters. The number of carbonyl (C=O) groups is 5. The number of nitrogens with two attached hydrogens (primary N) is 2. The van der Waals surface area contributed by atoms with E-state index in [1.165, 1.54) is 11.8 Å². The highest BCUT2D eigenvalue weighted by atomic mass is 32.2. The first-order chi connectivity index (χ1) is 15.9. The zero-order chi connectivity index (χ0) is 26.4. The standard InChI is InChI=1S/C22H41N5O6S/c1-6-12(3)17(24)21(31)26-15(10-11-34-5)19(29)25-14(8-9-16(23)28)20(30)27-18(22(32)33)13(4)7-2/h12-15,17-18H,6-11,24H2,1-5H3,(H2,23,28)(H,25,29)(H,26,31)(H,27,30)(H,32,33). The number of amides is 4. The Morgan fingerprint density at radius 3 is 1.82 bits per heavy atom. The normalized spacial score (nSPS) is 16.3. The Morgan fingerprint density at radius 1 is 0.853 bits per heavy atom. The van der Waals surface area contributed by atoms with Gasteiger partial charge >= 0.3 is 5.97 Å². The molecule has 4 amide bonds. The van der Waals surface area contributed by atoms with Crippen LogP contribution in [0.4, 0.5) is 0 Å². The van der Waals surface area contributed by atoms with E-state index in [1.807, 2.05) is 20.1 Å². The van der Waals surface area contributed by atoms with Crippen molar-refractivity contribution in [1.82, 2.24) is 16.0 Å². The van der Waals surface area contributed by atoms with E-state index in [0.29, 0.717) is 25.0 Å². The largest absolute Gasteiger partial charge is 0.480 e. The maximum absolute atomic E-state index is 13.0. The number of nitrogens with one attached hydrogen (secondary N) is 3. The van der Waals surface area contributed by atoms with E-state index in [2.05, 4.69) is 16.0 Å². The van der Waals surface area contributed by atoms with Gasteiger partial charge in [-0.1, -0.05) is 40.5 Å². The first-order valence-corrected chi connectivity index (χ1v) is 12.9. The molecule has 0 aliphatic rings. The van der Waals surface area contributed by atoms with Gasteiger partial charge in [-0.25, -0.2) is 4.79 Å². The lowest BCUT2D eigenvalue weighted by atomic mass is 9.98. The zero-order valence-corrected chi connectivity index (χ0v) is 21.6. The SMILES string of the molecule is CCC(C)C(N)C(=O)NC(CCSC)C(=O)NC(CCC(N)=O)C(=O)NC(C(=O)O)C(C)CC. The Morgan fingerprint density at radius 2 is 1.35 bits per heavy atom. The van der Waals surface area contributed by atoms with Crippen LogP contribution in [0.15, 0.2) is 0 Å². The van der Waals surface area contributed by atoms with Crippen molar-refractivity contribution >= 4 is 41.4 Å². The van der Waals surface area contributed by atoms with Gasteiger partial charge in [-0.2, -0.15) is 11.8 Å². The van der Waals surface area contributed by atoms with Gasteiger partial charge in [-0.05, 0) is 36.7 Å². The van der Waals surface area contributed by atoms with Gasteiger partial charge in [0.05, 0.1) is 6.04 Å². The summed E-state index contributed by atoms with van der Waals surface area (Å²) in [4.78, 5) is 61.3. The van der Waals surface area contributed by atoms with Crippen molar-refractivity contribution in [2.75, 3.05) is 12.0 Å². The number of aliphatic carboxylic acids is 1. The summed E-state index contributed by atoms with van der Waals surface area (Å²) in [6, 6.07) is -4.12. The van der Waals surface area contributed by atoms with Gasteiger partial charge in [-0.3, -0.25) is 19.2 Å². The molecule has 11 nitrogen and oxygen atoms in total. The lowest BCUT2D eigenvalue weighted by Gasteiger charge is -2.27. The Balaban J connectivity index is 5.61. The molecule has 8 N–H and O–H groups in total. The average molecular weight is 504 g/mol. The minimum Gasteiger partial charge on any atom is -0.480 e. The lowest BCUT2D eigenvalue weighted by molar-refractivity contribution is -0.144. The van der Waals surface area contributed by atoms with Crippen LogP contribution in [0.2, 0.25) is 0 Å². The van der Waals surface area contributed by atoms with Crippen LogP contribution in [-0.4, -0.2) is 70.9 Å². The highest BCUT2D eigenvalue weighted by molar-refractivity contribution is 7.98. The number of carbonyl (C=O) groups excluding carboxylic acids is 4. The summed E-state index contributed by atoms with van der Waals surface area (Å²) in [5, 5.41) is 17.1. The van der Waals surface area contributed by atoms with E-state index >= 15 is 0 Å². The van der Waals surface area contributed by atoms with Crippen molar-refractivity contribution in [2.45, 2.75) is 84.0 Å². The van der Waals surface area contributed by atoms with Crippen LogP contribution in [0.5, 0.6) is 0 Å². The average Bonchev–Trinajstić information content (AvgIpc) is 2.80. The van der Waals surface area contributed by atoms with Crippen LogP contribution < -0.4 is 27.4 Å². The molecule has 0 radical (unpaired) electrons. The predicted octanol–water partition coefficient (Wildman–Crippen LogP) is -0.0365. The van der Waals surface area contributed by atoms with Crippen molar-refractivity contribution in [3.05, 3.63) is 0 Å². The summed E-state index contributed by atoms with van der Waals surface area (Å²) in [7, 11) is 0. The highest BCUT2D eigenvalue weighted by Gasteiger charge is 2.32. The molecule has 0 spiro atoms. The molecule has 0 aromatic rings. The van der Waals surface area contributed by atoms with Gasteiger partial charge in [0.25, 0.3) is 0 Å². The quantitative estimate of drug-likeness (QED) is 0.159. The first kappa shape index (κ1) is 31.7. The first-order valence-electron chi connectivity index (χ1n) is 11.6. The van der Waals surface area contributed by atoms with Crippen molar-refractivity contribution in [1.29, 1.82) is 0 Å². The van der Waals surface area contributed by atoms with Gasteiger partial charge < -0.3 is 32.5 Å². The molecule has 0 bridgehead atoms. The van der Waals surface area contributed by atoms with Crippen LogP contribution in [0.1, 0.15) is 59.8 Å². The summed E-state index contributed by atoms with van der Waals surface area (Å²) in [6.07, 6.45) is 3.03. The molecular formula is C22H41N5O6S. The van der Waals surface area contributed by atoms with Crippen LogP contribution in [0, 0.1) is 11.8 Å². The van der Waals surface area contributed by atoms with Crippen LogP contribution >= 0.6 is 11.8 Å². The van der Waals surface area contributed by atoms with E-state index in [9.17, 15) is 29.1 Å². The predicted molar refractivity (Wildman–Crippen MR) is 132 cm³/mol. The third-order valence-electron chi connectivity index (χ3n) is 5.89. The highest BCUT2D eigenvalue weighted by Crippen LogP contribution is 2.11. The molecule has 34 heavy (non-hydrogen) atoms. The molecule has 0 aliphatic carbocycles. The van der Waals surface area contributed by atoms with Crippen molar-refractivity contribution in [3.63, 3.8) is 0 Å². The number of hydrogen-bond acceptors (Lipinski definition) is 7. The molecule has 0 aromatic carbocycles. The Kier molecular flexibility index (Phi) is 15.2. The van der Waals surface area contributed by atoms with E-state index in [-0.39, 0.29) is 24.7 Å². The molecule has 6 unspecified atom stereocenters. The zero-order valence-electron chi connectivity index (χ0n) is 20.8. The minimum absolute atomic E-state index is 0.0909. The molecule has 0 heterocycles. The van der Waals surface area contributed by atoms with Crippen LogP contribution in [0.25, 0.3) is 0 Å². The van der Waals surface area contributed by atoms with E-state index in [1.54, 1.807) is 13.8 Å². The molecule has 0 aliphatic heterocycles. The number of carboxylic acid groups (broad SMARTS) is 1. The fourth-order valence-electron chi connectivity index (χ4n) is 3.05. The Labute approximate surface area is 205 Å².